The third kappa shape index (κ3) is 1.62. The summed E-state index contributed by atoms with van der Waals surface area (Å²) in [6, 6.07) is 0. The lowest BCUT2D eigenvalue weighted by Crippen LogP contribution is -2.55. The Morgan fingerprint density at radius 3 is 2.40 bits per heavy atom. The van der Waals surface area contributed by atoms with Gasteiger partial charge in [0.25, 0.3) is 0 Å². The van der Waals surface area contributed by atoms with Crippen molar-refractivity contribution >= 4 is 0 Å². The van der Waals surface area contributed by atoms with Crippen molar-refractivity contribution < 1.29 is 9.84 Å². The second-order valence-electron chi connectivity index (χ2n) is 6.02. The van der Waals surface area contributed by atoms with Crippen LogP contribution in [0.2, 0.25) is 0 Å². The SMILES string of the molecule is CCOCC1C2CC3CC1CC(O)(C3)C2. The summed E-state index contributed by atoms with van der Waals surface area (Å²) in [5, 5.41) is 10.4. The van der Waals surface area contributed by atoms with E-state index in [-0.39, 0.29) is 5.60 Å². The number of hydrogen-bond acceptors (Lipinski definition) is 2. The Morgan fingerprint density at radius 1 is 1.20 bits per heavy atom. The molecule has 0 saturated heterocycles. The molecule has 2 atom stereocenters. The molecule has 0 aromatic heterocycles. The van der Waals surface area contributed by atoms with Gasteiger partial charge in [0.05, 0.1) is 5.60 Å². The number of rotatable bonds is 3. The summed E-state index contributed by atoms with van der Waals surface area (Å²) in [6.07, 6.45) is 5.91. The van der Waals surface area contributed by atoms with Crippen LogP contribution in [0.1, 0.15) is 39.0 Å². The van der Waals surface area contributed by atoms with Gasteiger partial charge >= 0.3 is 0 Å². The maximum atomic E-state index is 10.4. The standard InChI is InChI=1S/C13H22O2/c1-2-15-8-12-10-3-9-4-11(12)7-13(14,5-9)6-10/h9-12,14H,2-8H2,1H3. The van der Waals surface area contributed by atoms with Crippen molar-refractivity contribution in [1.82, 2.24) is 0 Å². The van der Waals surface area contributed by atoms with E-state index < -0.39 is 0 Å². The molecule has 4 rings (SSSR count). The highest BCUT2D eigenvalue weighted by molar-refractivity contribution is 5.05. The van der Waals surface area contributed by atoms with Gasteiger partial charge in [-0.3, -0.25) is 0 Å². The van der Waals surface area contributed by atoms with Gasteiger partial charge < -0.3 is 9.84 Å². The molecule has 4 aliphatic rings. The first-order valence-electron chi connectivity index (χ1n) is 6.50. The fraction of sp³-hybridized carbons (Fsp3) is 1.00. The van der Waals surface area contributed by atoms with E-state index in [1.54, 1.807) is 0 Å². The van der Waals surface area contributed by atoms with Gasteiger partial charge in [0, 0.05) is 13.2 Å². The van der Waals surface area contributed by atoms with Crippen molar-refractivity contribution in [2.45, 2.75) is 44.6 Å². The lowest BCUT2D eigenvalue weighted by Gasteiger charge is -2.58. The summed E-state index contributed by atoms with van der Waals surface area (Å²) < 4.78 is 5.61. The molecule has 2 nitrogen and oxygen atoms in total. The monoisotopic (exact) mass is 210 g/mol. The van der Waals surface area contributed by atoms with Crippen LogP contribution in [0.15, 0.2) is 0 Å². The quantitative estimate of drug-likeness (QED) is 0.774. The molecule has 0 heterocycles. The Balaban J connectivity index is 1.73. The molecule has 0 amide bonds. The van der Waals surface area contributed by atoms with Crippen LogP contribution in [-0.4, -0.2) is 23.9 Å². The molecule has 4 bridgehead atoms. The number of ether oxygens (including phenoxy) is 1. The predicted molar refractivity (Wildman–Crippen MR) is 58.5 cm³/mol. The summed E-state index contributed by atoms with van der Waals surface area (Å²) in [5.74, 6) is 3.09. The molecule has 4 aliphatic carbocycles. The van der Waals surface area contributed by atoms with Crippen LogP contribution < -0.4 is 0 Å². The second kappa shape index (κ2) is 3.46. The molecule has 15 heavy (non-hydrogen) atoms. The first kappa shape index (κ1) is 10.1. The van der Waals surface area contributed by atoms with Crippen LogP contribution in [-0.2, 0) is 4.74 Å². The minimum atomic E-state index is -0.279. The third-order valence-corrected chi connectivity index (χ3v) is 4.95. The Bertz CT molecular complexity index is 235. The highest BCUT2D eigenvalue weighted by Crippen LogP contribution is 2.58. The molecule has 0 aromatic carbocycles. The van der Waals surface area contributed by atoms with Crippen LogP contribution in [0.4, 0.5) is 0 Å². The molecule has 0 aliphatic heterocycles. The summed E-state index contributed by atoms with van der Waals surface area (Å²) in [7, 11) is 0. The molecule has 2 heteroatoms. The maximum absolute atomic E-state index is 10.4. The molecule has 0 spiro atoms. The van der Waals surface area contributed by atoms with Crippen LogP contribution in [0.3, 0.4) is 0 Å². The van der Waals surface area contributed by atoms with E-state index in [4.69, 9.17) is 4.74 Å². The fourth-order valence-corrected chi connectivity index (χ4v) is 4.61. The molecule has 0 radical (unpaired) electrons. The van der Waals surface area contributed by atoms with Gasteiger partial charge in [-0.1, -0.05) is 0 Å². The van der Waals surface area contributed by atoms with E-state index in [1.807, 2.05) is 0 Å². The van der Waals surface area contributed by atoms with E-state index in [0.29, 0.717) is 0 Å². The van der Waals surface area contributed by atoms with Gasteiger partial charge in [-0.15, -0.1) is 0 Å². The Hall–Kier alpha value is -0.0800. The van der Waals surface area contributed by atoms with Crippen molar-refractivity contribution in [3.05, 3.63) is 0 Å². The summed E-state index contributed by atoms with van der Waals surface area (Å²) in [6.45, 7) is 3.85. The van der Waals surface area contributed by atoms with Crippen LogP contribution in [0.5, 0.6) is 0 Å². The number of hydrogen-bond donors (Lipinski definition) is 1. The van der Waals surface area contributed by atoms with Gasteiger partial charge in [-0.2, -0.15) is 0 Å². The smallest absolute Gasteiger partial charge is 0.0656 e. The van der Waals surface area contributed by atoms with Crippen molar-refractivity contribution in [3.8, 4) is 0 Å². The number of aliphatic hydroxyl groups is 1. The Morgan fingerprint density at radius 2 is 1.87 bits per heavy atom. The Kier molecular flexibility index (Phi) is 2.33. The van der Waals surface area contributed by atoms with Crippen molar-refractivity contribution in [2.24, 2.45) is 23.7 Å². The molecule has 86 valence electrons. The van der Waals surface area contributed by atoms with Crippen molar-refractivity contribution in [1.29, 1.82) is 0 Å². The molecule has 1 N–H and O–H groups in total. The third-order valence-electron chi connectivity index (χ3n) is 4.95. The fourth-order valence-electron chi connectivity index (χ4n) is 4.61. The van der Waals surface area contributed by atoms with Crippen LogP contribution in [0, 0.1) is 23.7 Å². The maximum Gasteiger partial charge on any atom is 0.0656 e. The minimum Gasteiger partial charge on any atom is -0.390 e. The molecule has 4 fully saturated rings. The topological polar surface area (TPSA) is 29.5 Å². The van der Waals surface area contributed by atoms with Crippen LogP contribution in [0.25, 0.3) is 0 Å². The summed E-state index contributed by atoms with van der Waals surface area (Å²) in [4.78, 5) is 0. The zero-order valence-electron chi connectivity index (χ0n) is 9.61. The van der Waals surface area contributed by atoms with E-state index in [9.17, 15) is 5.11 Å². The first-order valence-corrected chi connectivity index (χ1v) is 6.50. The van der Waals surface area contributed by atoms with E-state index >= 15 is 0 Å². The van der Waals surface area contributed by atoms with Gasteiger partial charge in [0.15, 0.2) is 0 Å². The highest BCUT2D eigenvalue weighted by atomic mass is 16.5. The largest absolute Gasteiger partial charge is 0.390 e. The average Bonchev–Trinajstić information content (AvgIpc) is 2.14. The van der Waals surface area contributed by atoms with Gasteiger partial charge in [-0.05, 0) is 62.7 Å². The zero-order chi connectivity index (χ0) is 10.5. The lowest BCUT2D eigenvalue weighted by atomic mass is 9.50. The first-order chi connectivity index (χ1) is 7.20. The van der Waals surface area contributed by atoms with E-state index in [0.717, 1.165) is 56.1 Å². The van der Waals surface area contributed by atoms with Crippen molar-refractivity contribution in [3.63, 3.8) is 0 Å². The van der Waals surface area contributed by atoms with Crippen molar-refractivity contribution in [2.75, 3.05) is 13.2 Å². The summed E-state index contributed by atoms with van der Waals surface area (Å²) in [5.41, 5.74) is -0.279. The van der Waals surface area contributed by atoms with E-state index in [1.165, 1.54) is 12.8 Å². The van der Waals surface area contributed by atoms with Gasteiger partial charge in [0.2, 0.25) is 0 Å². The normalized spacial score (nSPS) is 52.4. The second-order valence-corrected chi connectivity index (χ2v) is 6.02. The molecule has 4 saturated carbocycles. The zero-order valence-corrected chi connectivity index (χ0v) is 9.61. The van der Waals surface area contributed by atoms with Crippen LogP contribution >= 0.6 is 0 Å². The molecule has 2 unspecified atom stereocenters. The molecular formula is C13H22O2. The lowest BCUT2D eigenvalue weighted by molar-refractivity contribution is -0.162. The predicted octanol–water partition coefficient (Wildman–Crippen LogP) is 2.21. The minimum absolute atomic E-state index is 0.279. The van der Waals surface area contributed by atoms with Gasteiger partial charge in [-0.25, -0.2) is 0 Å². The molecule has 0 aromatic rings. The van der Waals surface area contributed by atoms with Gasteiger partial charge in [0.1, 0.15) is 0 Å². The average molecular weight is 210 g/mol. The van der Waals surface area contributed by atoms with E-state index in [2.05, 4.69) is 6.92 Å². The molecular weight excluding hydrogens is 188 g/mol. The summed E-state index contributed by atoms with van der Waals surface area (Å²) >= 11 is 0. The Labute approximate surface area is 92.0 Å². The highest BCUT2D eigenvalue weighted by Gasteiger charge is 2.54.